The third-order valence-corrected chi connectivity index (χ3v) is 3.00. The molecule has 3 nitrogen and oxygen atoms in total. The zero-order valence-electron chi connectivity index (χ0n) is 8.93. The number of halogens is 1. The van der Waals surface area contributed by atoms with E-state index in [2.05, 4.69) is 22.0 Å². The van der Waals surface area contributed by atoms with E-state index in [-0.39, 0.29) is 5.38 Å². The lowest BCUT2D eigenvalue weighted by Crippen LogP contribution is -2.31. The van der Waals surface area contributed by atoms with Gasteiger partial charge in [0.05, 0.1) is 0 Å². The molecule has 0 aliphatic carbocycles. The van der Waals surface area contributed by atoms with Crippen LogP contribution < -0.4 is 4.90 Å². The fourth-order valence-corrected chi connectivity index (χ4v) is 2.41. The maximum atomic E-state index is 6.05. The lowest BCUT2D eigenvalue weighted by molar-refractivity contribution is 0.599. The highest BCUT2D eigenvalue weighted by Crippen LogP contribution is 2.26. The van der Waals surface area contributed by atoms with Crippen LogP contribution in [0.2, 0.25) is 0 Å². The lowest BCUT2D eigenvalue weighted by Gasteiger charge is -2.25. The molecular weight excluding hydrogens is 210 g/mol. The first kappa shape index (κ1) is 10.7. The van der Waals surface area contributed by atoms with Crippen LogP contribution in [0.3, 0.4) is 0 Å². The summed E-state index contributed by atoms with van der Waals surface area (Å²) >= 11 is 6.05. The smallest absolute Gasteiger partial charge is 0.151 e. The van der Waals surface area contributed by atoms with Crippen molar-refractivity contribution in [2.45, 2.75) is 37.6 Å². The monoisotopic (exact) mass is 225 g/mol. The van der Waals surface area contributed by atoms with Crippen molar-refractivity contribution in [1.82, 2.24) is 10.2 Å². The van der Waals surface area contributed by atoms with Crippen molar-refractivity contribution in [2.75, 3.05) is 11.4 Å². The average molecular weight is 226 g/mol. The van der Waals surface area contributed by atoms with Gasteiger partial charge in [0.15, 0.2) is 5.82 Å². The van der Waals surface area contributed by atoms with Crippen LogP contribution in [0.4, 0.5) is 5.82 Å². The van der Waals surface area contributed by atoms with Crippen LogP contribution in [0, 0.1) is 0 Å². The van der Waals surface area contributed by atoms with Gasteiger partial charge in [-0.25, -0.2) is 0 Å². The second-order valence-electron chi connectivity index (χ2n) is 4.09. The first-order valence-electron chi connectivity index (χ1n) is 5.46. The second-order valence-corrected chi connectivity index (χ2v) is 4.83. The molecule has 2 rings (SSSR count). The minimum absolute atomic E-state index is 0.229. The van der Waals surface area contributed by atoms with E-state index in [1.165, 1.54) is 12.8 Å². The summed E-state index contributed by atoms with van der Waals surface area (Å²) in [5.74, 6) is 0.984. The summed E-state index contributed by atoms with van der Waals surface area (Å²) in [6.07, 6.45) is 5.18. The number of rotatable bonds is 3. The minimum atomic E-state index is 0.229. The second kappa shape index (κ2) is 4.79. The summed E-state index contributed by atoms with van der Waals surface area (Å²) in [6.45, 7) is 3.13. The van der Waals surface area contributed by atoms with Crippen LogP contribution in [0.15, 0.2) is 18.3 Å². The predicted molar refractivity (Wildman–Crippen MR) is 62.3 cm³/mol. The summed E-state index contributed by atoms with van der Waals surface area (Å²) < 4.78 is 0. The number of alkyl halides is 1. The van der Waals surface area contributed by atoms with Crippen LogP contribution >= 0.6 is 11.6 Å². The average Bonchev–Trinajstić information content (AvgIpc) is 2.66. The SMILES string of the molecule is CC(Cl)CC1CCCN1c1cccnn1. The number of hydrogen-bond donors (Lipinski definition) is 0. The zero-order valence-corrected chi connectivity index (χ0v) is 9.69. The Morgan fingerprint density at radius 2 is 2.53 bits per heavy atom. The van der Waals surface area contributed by atoms with Crippen LogP contribution in [-0.4, -0.2) is 28.2 Å². The largest absolute Gasteiger partial charge is 0.352 e. The summed E-state index contributed by atoms with van der Waals surface area (Å²) in [5, 5.41) is 8.30. The number of aromatic nitrogens is 2. The first-order chi connectivity index (χ1) is 7.27. The molecule has 2 unspecified atom stereocenters. The molecule has 1 aromatic heterocycles. The zero-order chi connectivity index (χ0) is 10.7. The van der Waals surface area contributed by atoms with E-state index in [1.54, 1.807) is 6.20 Å². The van der Waals surface area contributed by atoms with Crippen LogP contribution in [0.25, 0.3) is 0 Å². The number of anilines is 1. The van der Waals surface area contributed by atoms with Gasteiger partial charge >= 0.3 is 0 Å². The molecule has 0 saturated carbocycles. The molecule has 0 N–H and O–H groups in total. The highest BCUT2D eigenvalue weighted by Gasteiger charge is 2.26. The highest BCUT2D eigenvalue weighted by atomic mass is 35.5. The van der Waals surface area contributed by atoms with Gasteiger partial charge in [0.2, 0.25) is 0 Å². The van der Waals surface area contributed by atoms with Crippen molar-refractivity contribution in [3.05, 3.63) is 18.3 Å². The van der Waals surface area contributed by atoms with E-state index < -0.39 is 0 Å². The number of hydrogen-bond acceptors (Lipinski definition) is 3. The molecule has 1 aliphatic heterocycles. The topological polar surface area (TPSA) is 29.0 Å². The normalized spacial score (nSPS) is 23.1. The molecule has 1 aliphatic rings. The third-order valence-electron chi connectivity index (χ3n) is 2.83. The molecule has 0 spiro atoms. The maximum Gasteiger partial charge on any atom is 0.151 e. The summed E-state index contributed by atoms with van der Waals surface area (Å²) in [5.41, 5.74) is 0. The van der Waals surface area contributed by atoms with E-state index in [1.807, 2.05) is 12.1 Å². The highest BCUT2D eigenvalue weighted by molar-refractivity contribution is 6.20. The Morgan fingerprint density at radius 3 is 3.20 bits per heavy atom. The number of nitrogens with zero attached hydrogens (tertiary/aromatic N) is 3. The van der Waals surface area contributed by atoms with Gasteiger partial charge in [-0.1, -0.05) is 0 Å². The van der Waals surface area contributed by atoms with Crippen LogP contribution in [-0.2, 0) is 0 Å². The van der Waals surface area contributed by atoms with E-state index in [9.17, 15) is 0 Å². The fourth-order valence-electron chi connectivity index (χ4n) is 2.20. The Hall–Kier alpha value is -0.830. The Balaban J connectivity index is 2.08. The van der Waals surface area contributed by atoms with Crippen molar-refractivity contribution in [3.63, 3.8) is 0 Å². The summed E-state index contributed by atoms with van der Waals surface area (Å²) in [7, 11) is 0. The van der Waals surface area contributed by atoms with Crippen molar-refractivity contribution in [3.8, 4) is 0 Å². The summed E-state index contributed by atoms with van der Waals surface area (Å²) in [4.78, 5) is 2.33. The predicted octanol–water partition coefficient (Wildman–Crippen LogP) is 2.46. The fraction of sp³-hybridized carbons (Fsp3) is 0.636. The molecule has 0 amide bonds. The van der Waals surface area contributed by atoms with Gasteiger partial charge in [-0.3, -0.25) is 0 Å². The standard InChI is InChI=1S/C11H16ClN3/c1-9(12)8-10-4-3-7-15(10)11-5-2-6-13-14-11/h2,5-6,9-10H,3-4,7-8H2,1H3. The lowest BCUT2D eigenvalue weighted by atomic mass is 10.1. The molecule has 1 aromatic rings. The van der Waals surface area contributed by atoms with Gasteiger partial charge in [0.25, 0.3) is 0 Å². The van der Waals surface area contributed by atoms with Crippen LogP contribution in [0.1, 0.15) is 26.2 Å². The maximum absolute atomic E-state index is 6.05. The Kier molecular flexibility index (Phi) is 3.41. The van der Waals surface area contributed by atoms with E-state index in [0.29, 0.717) is 6.04 Å². The molecule has 15 heavy (non-hydrogen) atoms. The van der Waals surface area contributed by atoms with Crippen molar-refractivity contribution < 1.29 is 0 Å². The van der Waals surface area contributed by atoms with Gasteiger partial charge in [-0.15, -0.1) is 16.7 Å². The quantitative estimate of drug-likeness (QED) is 0.740. The molecule has 82 valence electrons. The molecule has 1 saturated heterocycles. The Labute approximate surface area is 95.5 Å². The molecule has 0 bridgehead atoms. The third kappa shape index (κ3) is 2.59. The molecule has 0 radical (unpaired) electrons. The molecule has 0 aromatic carbocycles. The van der Waals surface area contributed by atoms with E-state index in [4.69, 9.17) is 11.6 Å². The van der Waals surface area contributed by atoms with Crippen molar-refractivity contribution in [1.29, 1.82) is 0 Å². The minimum Gasteiger partial charge on any atom is -0.352 e. The molecule has 1 fully saturated rings. The van der Waals surface area contributed by atoms with E-state index >= 15 is 0 Å². The Morgan fingerprint density at radius 1 is 1.67 bits per heavy atom. The van der Waals surface area contributed by atoms with E-state index in [0.717, 1.165) is 18.8 Å². The van der Waals surface area contributed by atoms with Crippen molar-refractivity contribution >= 4 is 17.4 Å². The molecular formula is C11H16ClN3. The van der Waals surface area contributed by atoms with Crippen LogP contribution in [0.5, 0.6) is 0 Å². The van der Waals surface area contributed by atoms with Gasteiger partial charge in [0, 0.05) is 24.2 Å². The van der Waals surface area contributed by atoms with Gasteiger partial charge in [-0.2, -0.15) is 5.10 Å². The summed E-state index contributed by atoms with van der Waals surface area (Å²) in [6, 6.07) is 4.49. The first-order valence-corrected chi connectivity index (χ1v) is 5.89. The van der Waals surface area contributed by atoms with Gasteiger partial charge < -0.3 is 4.90 Å². The Bertz CT molecular complexity index is 302. The molecule has 2 atom stereocenters. The molecule has 4 heteroatoms. The van der Waals surface area contributed by atoms with Crippen molar-refractivity contribution in [2.24, 2.45) is 0 Å². The molecule has 2 heterocycles. The van der Waals surface area contributed by atoms with Gasteiger partial charge in [-0.05, 0) is 38.3 Å². The van der Waals surface area contributed by atoms with Gasteiger partial charge in [0.1, 0.15) is 0 Å².